The third-order valence-corrected chi connectivity index (χ3v) is 2.01. The van der Waals surface area contributed by atoms with Gasteiger partial charge < -0.3 is 9.74 Å². The molecule has 3 nitrogen and oxygen atoms in total. The summed E-state index contributed by atoms with van der Waals surface area (Å²) in [4.78, 5) is 7.25. The fraction of sp³-hybridized carbons (Fsp3) is 0.500. The average molecular weight is 152 g/mol. The minimum absolute atomic E-state index is 1.09. The van der Waals surface area contributed by atoms with Gasteiger partial charge in [-0.2, -0.15) is 0 Å². The SMILES string of the molecule is C1=CONC(N2CCCC2)=C1. The van der Waals surface area contributed by atoms with Crippen LogP contribution in [0.5, 0.6) is 0 Å². The van der Waals surface area contributed by atoms with E-state index in [4.69, 9.17) is 4.84 Å². The molecular weight excluding hydrogens is 140 g/mol. The lowest BCUT2D eigenvalue weighted by Gasteiger charge is -2.22. The van der Waals surface area contributed by atoms with Gasteiger partial charge in [-0.25, -0.2) is 5.48 Å². The average Bonchev–Trinajstić information content (AvgIpc) is 2.58. The molecule has 0 bridgehead atoms. The van der Waals surface area contributed by atoms with E-state index < -0.39 is 0 Å². The maximum atomic E-state index is 4.95. The van der Waals surface area contributed by atoms with Gasteiger partial charge in [0.15, 0.2) is 0 Å². The van der Waals surface area contributed by atoms with E-state index in [2.05, 4.69) is 10.4 Å². The largest absolute Gasteiger partial charge is 0.389 e. The molecule has 0 spiro atoms. The maximum Gasteiger partial charge on any atom is 0.136 e. The summed E-state index contributed by atoms with van der Waals surface area (Å²) in [5.74, 6) is 1.09. The van der Waals surface area contributed by atoms with Crippen LogP contribution in [0.3, 0.4) is 0 Å². The van der Waals surface area contributed by atoms with Gasteiger partial charge in [-0.3, -0.25) is 0 Å². The Labute approximate surface area is 66.3 Å². The summed E-state index contributed by atoms with van der Waals surface area (Å²) in [6.07, 6.45) is 8.17. The highest BCUT2D eigenvalue weighted by atomic mass is 16.6. The van der Waals surface area contributed by atoms with E-state index in [0.29, 0.717) is 0 Å². The van der Waals surface area contributed by atoms with Crippen molar-refractivity contribution in [3.63, 3.8) is 0 Å². The first-order valence-corrected chi connectivity index (χ1v) is 4.00. The number of hydroxylamine groups is 1. The molecule has 2 aliphatic heterocycles. The molecule has 60 valence electrons. The van der Waals surface area contributed by atoms with Crippen molar-refractivity contribution in [2.24, 2.45) is 0 Å². The lowest BCUT2D eigenvalue weighted by Crippen LogP contribution is -2.29. The van der Waals surface area contributed by atoms with Gasteiger partial charge in [0.25, 0.3) is 0 Å². The van der Waals surface area contributed by atoms with Crippen molar-refractivity contribution in [2.75, 3.05) is 13.1 Å². The van der Waals surface area contributed by atoms with Gasteiger partial charge in [0.2, 0.25) is 0 Å². The molecule has 3 heteroatoms. The number of nitrogens with zero attached hydrogens (tertiary/aromatic N) is 1. The maximum absolute atomic E-state index is 4.95. The molecule has 0 saturated carbocycles. The lowest BCUT2D eigenvalue weighted by molar-refractivity contribution is 0.126. The molecule has 0 aliphatic carbocycles. The van der Waals surface area contributed by atoms with Crippen molar-refractivity contribution in [2.45, 2.75) is 12.8 Å². The Kier molecular flexibility index (Phi) is 1.71. The summed E-state index contributed by atoms with van der Waals surface area (Å²) < 4.78 is 0. The van der Waals surface area contributed by atoms with Crippen LogP contribution in [0.4, 0.5) is 0 Å². The quantitative estimate of drug-likeness (QED) is 0.606. The second-order valence-corrected chi connectivity index (χ2v) is 2.79. The molecule has 0 aromatic rings. The minimum Gasteiger partial charge on any atom is -0.389 e. The third-order valence-electron chi connectivity index (χ3n) is 2.01. The summed E-state index contributed by atoms with van der Waals surface area (Å²) in [7, 11) is 0. The van der Waals surface area contributed by atoms with Crippen LogP contribution in [-0.2, 0) is 4.84 Å². The second kappa shape index (κ2) is 2.86. The minimum atomic E-state index is 1.09. The Bertz CT molecular complexity index is 192. The van der Waals surface area contributed by atoms with Gasteiger partial charge in [0, 0.05) is 13.1 Å². The highest BCUT2D eigenvalue weighted by Gasteiger charge is 2.14. The summed E-state index contributed by atoms with van der Waals surface area (Å²) in [5, 5.41) is 0. The van der Waals surface area contributed by atoms with E-state index in [1.54, 1.807) is 6.26 Å². The predicted molar refractivity (Wildman–Crippen MR) is 42.3 cm³/mol. The van der Waals surface area contributed by atoms with Crippen LogP contribution < -0.4 is 5.48 Å². The van der Waals surface area contributed by atoms with Crippen molar-refractivity contribution in [3.8, 4) is 0 Å². The van der Waals surface area contributed by atoms with E-state index in [0.717, 1.165) is 18.9 Å². The van der Waals surface area contributed by atoms with Crippen molar-refractivity contribution >= 4 is 0 Å². The number of hydrogen-bond donors (Lipinski definition) is 1. The normalized spacial score (nSPS) is 22.5. The topological polar surface area (TPSA) is 24.5 Å². The van der Waals surface area contributed by atoms with Gasteiger partial charge in [-0.15, -0.1) is 0 Å². The van der Waals surface area contributed by atoms with Crippen LogP contribution >= 0.6 is 0 Å². The van der Waals surface area contributed by atoms with Gasteiger partial charge in [0.1, 0.15) is 12.1 Å². The van der Waals surface area contributed by atoms with Crippen molar-refractivity contribution in [1.29, 1.82) is 0 Å². The Balaban J connectivity index is 2.02. The molecule has 2 heterocycles. The molecule has 0 amide bonds. The number of likely N-dealkylation sites (tertiary alicyclic amines) is 1. The van der Waals surface area contributed by atoms with E-state index in [1.165, 1.54) is 12.8 Å². The Morgan fingerprint density at radius 1 is 1.36 bits per heavy atom. The van der Waals surface area contributed by atoms with Crippen LogP contribution in [0.2, 0.25) is 0 Å². The number of nitrogens with one attached hydrogen (secondary N) is 1. The number of rotatable bonds is 1. The number of hydrogen-bond acceptors (Lipinski definition) is 3. The molecule has 0 aromatic carbocycles. The van der Waals surface area contributed by atoms with Crippen LogP contribution in [0, 0.1) is 0 Å². The van der Waals surface area contributed by atoms with E-state index in [1.807, 2.05) is 12.2 Å². The van der Waals surface area contributed by atoms with Crippen molar-refractivity contribution in [3.05, 3.63) is 24.2 Å². The van der Waals surface area contributed by atoms with Crippen LogP contribution in [-0.4, -0.2) is 18.0 Å². The Morgan fingerprint density at radius 2 is 2.18 bits per heavy atom. The molecule has 0 unspecified atom stereocenters. The smallest absolute Gasteiger partial charge is 0.136 e. The molecule has 1 saturated heterocycles. The highest BCUT2D eigenvalue weighted by Crippen LogP contribution is 2.13. The highest BCUT2D eigenvalue weighted by molar-refractivity contribution is 5.11. The Hall–Kier alpha value is -1.12. The van der Waals surface area contributed by atoms with Gasteiger partial charge in [0.05, 0.1) is 0 Å². The molecule has 0 aromatic heterocycles. The summed E-state index contributed by atoms with van der Waals surface area (Å²) in [6, 6.07) is 0. The molecule has 1 fully saturated rings. The first-order chi connectivity index (χ1) is 5.47. The number of allylic oxidation sites excluding steroid dienone is 2. The van der Waals surface area contributed by atoms with Gasteiger partial charge in [-0.1, -0.05) is 0 Å². The molecular formula is C8H12N2O. The van der Waals surface area contributed by atoms with E-state index >= 15 is 0 Å². The zero-order chi connectivity index (χ0) is 7.52. The van der Waals surface area contributed by atoms with Crippen LogP contribution in [0.25, 0.3) is 0 Å². The van der Waals surface area contributed by atoms with Crippen LogP contribution in [0.1, 0.15) is 12.8 Å². The molecule has 0 radical (unpaired) electrons. The molecule has 0 atom stereocenters. The lowest BCUT2D eigenvalue weighted by atomic mass is 10.4. The van der Waals surface area contributed by atoms with E-state index in [-0.39, 0.29) is 0 Å². The van der Waals surface area contributed by atoms with Crippen molar-refractivity contribution < 1.29 is 4.84 Å². The third kappa shape index (κ3) is 1.31. The Morgan fingerprint density at radius 3 is 2.82 bits per heavy atom. The second-order valence-electron chi connectivity index (χ2n) is 2.79. The standard InChI is InChI=1S/C8H12N2O/c1-2-6-10(5-1)8-4-3-7-11-9-8/h3-4,7,9H,1-2,5-6H2. The molecule has 2 aliphatic rings. The summed E-state index contributed by atoms with van der Waals surface area (Å²) in [6.45, 7) is 2.30. The fourth-order valence-corrected chi connectivity index (χ4v) is 1.43. The first-order valence-electron chi connectivity index (χ1n) is 4.00. The van der Waals surface area contributed by atoms with Crippen molar-refractivity contribution in [1.82, 2.24) is 10.4 Å². The molecule has 2 rings (SSSR count). The zero-order valence-corrected chi connectivity index (χ0v) is 6.42. The molecule has 1 N–H and O–H groups in total. The first kappa shape index (κ1) is 6.58. The predicted octanol–water partition coefficient (Wildman–Crippen LogP) is 0.972. The molecule has 11 heavy (non-hydrogen) atoms. The fourth-order valence-electron chi connectivity index (χ4n) is 1.43. The van der Waals surface area contributed by atoms with E-state index in [9.17, 15) is 0 Å². The zero-order valence-electron chi connectivity index (χ0n) is 6.42. The summed E-state index contributed by atoms with van der Waals surface area (Å²) >= 11 is 0. The van der Waals surface area contributed by atoms with Crippen LogP contribution in [0.15, 0.2) is 24.2 Å². The van der Waals surface area contributed by atoms with Gasteiger partial charge in [-0.05, 0) is 25.0 Å². The summed E-state index contributed by atoms with van der Waals surface area (Å²) in [5.41, 5.74) is 2.86. The van der Waals surface area contributed by atoms with Gasteiger partial charge >= 0.3 is 0 Å². The monoisotopic (exact) mass is 152 g/mol.